The number of pyridine rings is 1. The minimum absolute atomic E-state index is 0.00176. The van der Waals surface area contributed by atoms with Gasteiger partial charge < -0.3 is 5.32 Å². The molecular weight excluding hydrogens is 286 g/mol. The highest BCUT2D eigenvalue weighted by molar-refractivity contribution is 9.10. The molecule has 2 rings (SSSR count). The molecule has 2 unspecified atom stereocenters. The highest BCUT2D eigenvalue weighted by Gasteiger charge is 2.24. The lowest BCUT2D eigenvalue weighted by Gasteiger charge is -2.18. The Kier molecular flexibility index (Phi) is 3.61. The van der Waals surface area contributed by atoms with Gasteiger partial charge in [0, 0.05) is 12.1 Å². The number of nitro groups is 1. The van der Waals surface area contributed by atoms with E-state index in [1.165, 1.54) is 25.1 Å². The molecule has 0 radical (unpaired) electrons. The van der Waals surface area contributed by atoms with E-state index < -0.39 is 4.92 Å². The minimum Gasteiger partial charge on any atom is -0.366 e. The summed E-state index contributed by atoms with van der Waals surface area (Å²) in [5, 5.41) is 13.9. The van der Waals surface area contributed by atoms with Gasteiger partial charge in [-0.05, 0) is 34.7 Å². The fourth-order valence-corrected chi connectivity index (χ4v) is 2.62. The van der Waals surface area contributed by atoms with Crippen molar-refractivity contribution in [3.63, 3.8) is 0 Å². The van der Waals surface area contributed by atoms with Gasteiger partial charge >= 0.3 is 0 Å². The van der Waals surface area contributed by atoms with Gasteiger partial charge in [-0.1, -0.05) is 13.3 Å². The van der Waals surface area contributed by atoms with Crippen LogP contribution in [0.2, 0.25) is 0 Å². The maximum Gasteiger partial charge on any atom is 0.288 e. The standard InChI is InChI=1S/C11H14BrN3O2/c1-7-3-2-4-10(7)14-11-9(12)5-8(6-13-11)15(16)17/h5-7,10H,2-4H2,1H3,(H,13,14). The normalized spacial score (nSPS) is 23.6. The molecule has 0 spiro atoms. The van der Waals surface area contributed by atoms with E-state index >= 15 is 0 Å². The SMILES string of the molecule is CC1CCCC1Nc1ncc([N+](=O)[O-])cc1Br. The monoisotopic (exact) mass is 299 g/mol. The van der Waals surface area contributed by atoms with E-state index in [0.717, 1.165) is 6.42 Å². The van der Waals surface area contributed by atoms with Gasteiger partial charge in [0.25, 0.3) is 5.69 Å². The number of hydrogen-bond acceptors (Lipinski definition) is 4. The van der Waals surface area contributed by atoms with Crippen LogP contribution in [0.3, 0.4) is 0 Å². The van der Waals surface area contributed by atoms with Crippen molar-refractivity contribution in [1.82, 2.24) is 4.98 Å². The smallest absolute Gasteiger partial charge is 0.288 e. The summed E-state index contributed by atoms with van der Waals surface area (Å²) in [6, 6.07) is 1.90. The molecule has 17 heavy (non-hydrogen) atoms. The zero-order valence-electron chi connectivity index (χ0n) is 9.52. The predicted octanol–water partition coefficient (Wildman–Crippen LogP) is 3.35. The summed E-state index contributed by atoms with van der Waals surface area (Å²) < 4.78 is 0.644. The average molecular weight is 300 g/mol. The quantitative estimate of drug-likeness (QED) is 0.686. The maximum atomic E-state index is 10.6. The second-order valence-electron chi connectivity index (χ2n) is 4.44. The third-order valence-electron chi connectivity index (χ3n) is 3.22. The summed E-state index contributed by atoms with van der Waals surface area (Å²) in [5.41, 5.74) is 0.00176. The van der Waals surface area contributed by atoms with Gasteiger partial charge in [-0.15, -0.1) is 0 Å². The zero-order valence-corrected chi connectivity index (χ0v) is 11.1. The number of hydrogen-bond donors (Lipinski definition) is 1. The molecule has 1 saturated carbocycles. The van der Waals surface area contributed by atoms with Crippen molar-refractivity contribution in [2.45, 2.75) is 32.2 Å². The summed E-state index contributed by atoms with van der Waals surface area (Å²) in [7, 11) is 0. The Morgan fingerprint density at radius 1 is 1.59 bits per heavy atom. The fourth-order valence-electron chi connectivity index (χ4n) is 2.17. The van der Waals surface area contributed by atoms with Gasteiger partial charge in [0.05, 0.1) is 9.40 Å². The molecule has 0 aromatic carbocycles. The van der Waals surface area contributed by atoms with Crippen LogP contribution in [0.15, 0.2) is 16.7 Å². The summed E-state index contributed by atoms with van der Waals surface area (Å²) in [4.78, 5) is 14.2. The first-order valence-corrected chi connectivity index (χ1v) is 6.43. The van der Waals surface area contributed by atoms with Crippen LogP contribution in [-0.2, 0) is 0 Å². The van der Waals surface area contributed by atoms with Crippen molar-refractivity contribution in [3.05, 3.63) is 26.9 Å². The van der Waals surface area contributed by atoms with E-state index in [1.807, 2.05) is 0 Å². The Labute approximate surface area is 108 Å². The van der Waals surface area contributed by atoms with Crippen LogP contribution in [0, 0.1) is 16.0 Å². The van der Waals surface area contributed by atoms with Crippen molar-refractivity contribution in [2.24, 2.45) is 5.92 Å². The van der Waals surface area contributed by atoms with Crippen LogP contribution in [0.25, 0.3) is 0 Å². The molecule has 1 N–H and O–H groups in total. The number of anilines is 1. The van der Waals surface area contributed by atoms with Crippen LogP contribution >= 0.6 is 15.9 Å². The first-order chi connectivity index (χ1) is 8.08. The molecule has 1 aliphatic carbocycles. The van der Waals surface area contributed by atoms with Crippen molar-refractivity contribution >= 4 is 27.4 Å². The lowest BCUT2D eigenvalue weighted by atomic mass is 10.1. The third kappa shape index (κ3) is 2.74. The van der Waals surface area contributed by atoms with Gasteiger partial charge in [0.2, 0.25) is 0 Å². The van der Waals surface area contributed by atoms with E-state index in [1.54, 1.807) is 0 Å². The Morgan fingerprint density at radius 3 is 2.88 bits per heavy atom. The van der Waals surface area contributed by atoms with Crippen LogP contribution in [0.1, 0.15) is 26.2 Å². The van der Waals surface area contributed by atoms with Crippen LogP contribution in [-0.4, -0.2) is 15.9 Å². The fraction of sp³-hybridized carbons (Fsp3) is 0.545. The van der Waals surface area contributed by atoms with E-state index in [0.29, 0.717) is 22.3 Å². The first kappa shape index (κ1) is 12.3. The largest absolute Gasteiger partial charge is 0.366 e. The summed E-state index contributed by atoms with van der Waals surface area (Å²) in [6.45, 7) is 2.21. The van der Waals surface area contributed by atoms with Gasteiger partial charge in [0.1, 0.15) is 12.0 Å². The second kappa shape index (κ2) is 5.00. The number of nitrogens with zero attached hydrogens (tertiary/aromatic N) is 2. The van der Waals surface area contributed by atoms with Crippen LogP contribution < -0.4 is 5.32 Å². The molecule has 1 aromatic rings. The number of nitrogens with one attached hydrogen (secondary N) is 1. The Morgan fingerprint density at radius 2 is 2.35 bits per heavy atom. The molecule has 2 atom stereocenters. The number of halogens is 1. The van der Waals surface area contributed by atoms with E-state index in [9.17, 15) is 10.1 Å². The second-order valence-corrected chi connectivity index (χ2v) is 5.29. The van der Waals surface area contributed by atoms with Gasteiger partial charge in [0.15, 0.2) is 0 Å². The molecule has 1 fully saturated rings. The Bertz CT molecular complexity index is 439. The highest BCUT2D eigenvalue weighted by Crippen LogP contribution is 2.31. The minimum atomic E-state index is -0.445. The summed E-state index contributed by atoms with van der Waals surface area (Å²) >= 11 is 3.31. The molecule has 5 nitrogen and oxygen atoms in total. The summed E-state index contributed by atoms with van der Waals surface area (Å²) in [6.07, 6.45) is 4.87. The summed E-state index contributed by atoms with van der Waals surface area (Å²) in [5.74, 6) is 1.31. The molecular formula is C11H14BrN3O2. The average Bonchev–Trinajstić information content (AvgIpc) is 2.67. The van der Waals surface area contributed by atoms with Crippen molar-refractivity contribution in [3.8, 4) is 0 Å². The zero-order chi connectivity index (χ0) is 12.4. The van der Waals surface area contributed by atoms with Crippen molar-refractivity contribution < 1.29 is 4.92 Å². The first-order valence-electron chi connectivity index (χ1n) is 5.64. The van der Waals surface area contributed by atoms with Gasteiger partial charge in [-0.25, -0.2) is 4.98 Å². The number of rotatable bonds is 3. The van der Waals surface area contributed by atoms with E-state index in [4.69, 9.17) is 0 Å². The predicted molar refractivity (Wildman–Crippen MR) is 69.0 cm³/mol. The lowest BCUT2D eigenvalue weighted by molar-refractivity contribution is -0.385. The van der Waals surface area contributed by atoms with E-state index in [-0.39, 0.29) is 5.69 Å². The highest BCUT2D eigenvalue weighted by atomic mass is 79.9. The third-order valence-corrected chi connectivity index (χ3v) is 3.83. The van der Waals surface area contributed by atoms with Crippen LogP contribution in [0.4, 0.5) is 11.5 Å². The lowest BCUT2D eigenvalue weighted by Crippen LogP contribution is -2.22. The Hall–Kier alpha value is -1.17. The van der Waals surface area contributed by atoms with Crippen molar-refractivity contribution in [1.29, 1.82) is 0 Å². The van der Waals surface area contributed by atoms with Crippen LogP contribution in [0.5, 0.6) is 0 Å². The molecule has 0 aliphatic heterocycles. The molecule has 0 amide bonds. The number of aromatic nitrogens is 1. The molecule has 6 heteroatoms. The van der Waals surface area contributed by atoms with Gasteiger partial charge in [-0.3, -0.25) is 10.1 Å². The van der Waals surface area contributed by atoms with E-state index in [2.05, 4.69) is 33.2 Å². The van der Waals surface area contributed by atoms with Gasteiger partial charge in [-0.2, -0.15) is 0 Å². The molecule has 1 heterocycles. The molecule has 0 bridgehead atoms. The maximum absolute atomic E-state index is 10.6. The Balaban J connectivity index is 2.14. The molecule has 92 valence electrons. The molecule has 1 aromatic heterocycles. The topological polar surface area (TPSA) is 68.1 Å². The molecule has 1 aliphatic rings. The molecule has 0 saturated heterocycles. The van der Waals surface area contributed by atoms with Crippen molar-refractivity contribution in [2.75, 3.05) is 5.32 Å².